The zero-order valence-corrected chi connectivity index (χ0v) is 8.66. The van der Waals surface area contributed by atoms with E-state index in [4.69, 9.17) is 4.74 Å². The fourth-order valence-corrected chi connectivity index (χ4v) is 1.24. The molecular formula is C10H10F2O4. The van der Waals surface area contributed by atoms with Crippen LogP contribution in [0.4, 0.5) is 8.78 Å². The number of benzene rings is 1. The molecule has 0 bridgehead atoms. The summed E-state index contributed by atoms with van der Waals surface area (Å²) >= 11 is 0. The van der Waals surface area contributed by atoms with Gasteiger partial charge in [-0.2, -0.15) is 8.78 Å². The Hall–Kier alpha value is -1.85. The summed E-state index contributed by atoms with van der Waals surface area (Å²) < 4.78 is 33.0. The quantitative estimate of drug-likeness (QED) is 0.808. The van der Waals surface area contributed by atoms with E-state index in [-0.39, 0.29) is 11.3 Å². The van der Waals surface area contributed by atoms with Crippen LogP contribution in [0.2, 0.25) is 0 Å². The van der Waals surface area contributed by atoms with Crippen LogP contribution in [-0.2, 0) is 0 Å². The van der Waals surface area contributed by atoms with Gasteiger partial charge < -0.3 is 14.6 Å². The van der Waals surface area contributed by atoms with Crippen LogP contribution >= 0.6 is 0 Å². The lowest BCUT2D eigenvalue weighted by Gasteiger charge is -2.11. The highest BCUT2D eigenvalue weighted by Gasteiger charge is 2.18. The summed E-state index contributed by atoms with van der Waals surface area (Å²) in [6.07, 6.45) is 0. The van der Waals surface area contributed by atoms with Gasteiger partial charge in [0.25, 0.3) is 0 Å². The van der Waals surface area contributed by atoms with E-state index in [1.54, 1.807) is 0 Å². The van der Waals surface area contributed by atoms with E-state index in [0.29, 0.717) is 0 Å². The van der Waals surface area contributed by atoms with Gasteiger partial charge in [0.1, 0.15) is 22.8 Å². The zero-order chi connectivity index (χ0) is 12.3. The van der Waals surface area contributed by atoms with Crippen molar-refractivity contribution in [2.75, 3.05) is 7.11 Å². The van der Waals surface area contributed by atoms with Crippen LogP contribution in [0.15, 0.2) is 12.1 Å². The van der Waals surface area contributed by atoms with Gasteiger partial charge in [0.05, 0.1) is 7.11 Å². The molecule has 1 rings (SSSR count). The Balaban J connectivity index is 3.28. The van der Waals surface area contributed by atoms with Gasteiger partial charge in [0.15, 0.2) is 5.78 Å². The smallest absolute Gasteiger partial charge is 0.387 e. The minimum atomic E-state index is -3.08. The zero-order valence-electron chi connectivity index (χ0n) is 8.66. The van der Waals surface area contributed by atoms with E-state index in [1.165, 1.54) is 7.11 Å². The van der Waals surface area contributed by atoms with Crippen molar-refractivity contribution < 1.29 is 28.2 Å². The molecule has 0 aliphatic carbocycles. The van der Waals surface area contributed by atoms with Crippen molar-refractivity contribution in [1.82, 2.24) is 0 Å². The molecule has 6 heteroatoms. The van der Waals surface area contributed by atoms with Crippen molar-refractivity contribution in [3.05, 3.63) is 17.7 Å². The third kappa shape index (κ3) is 2.59. The van der Waals surface area contributed by atoms with E-state index in [0.717, 1.165) is 19.1 Å². The fraction of sp³-hybridized carbons (Fsp3) is 0.300. The van der Waals surface area contributed by atoms with Gasteiger partial charge in [0.2, 0.25) is 0 Å². The number of ketones is 1. The van der Waals surface area contributed by atoms with Crippen molar-refractivity contribution in [3.63, 3.8) is 0 Å². The number of halogens is 2. The summed E-state index contributed by atoms with van der Waals surface area (Å²) in [7, 11) is 1.30. The van der Waals surface area contributed by atoms with Crippen LogP contribution < -0.4 is 9.47 Å². The summed E-state index contributed by atoms with van der Waals surface area (Å²) in [4.78, 5) is 11.1. The SMILES string of the molecule is COc1cc(O)c(C(C)=O)c(OC(F)F)c1. The predicted molar refractivity (Wildman–Crippen MR) is 51.3 cm³/mol. The number of phenolic OH excluding ortho intramolecular Hbond substituents is 1. The molecule has 1 aromatic rings. The number of ether oxygens (including phenoxy) is 2. The number of hydrogen-bond donors (Lipinski definition) is 1. The molecular weight excluding hydrogens is 222 g/mol. The number of phenols is 1. The number of carbonyl (C=O) groups excluding carboxylic acids is 1. The first-order valence-electron chi connectivity index (χ1n) is 4.32. The maximum Gasteiger partial charge on any atom is 0.387 e. The molecule has 1 aromatic carbocycles. The topological polar surface area (TPSA) is 55.8 Å². The molecule has 0 saturated carbocycles. The highest BCUT2D eigenvalue weighted by atomic mass is 19.3. The van der Waals surface area contributed by atoms with Gasteiger partial charge in [-0.1, -0.05) is 0 Å². The van der Waals surface area contributed by atoms with Crippen molar-refractivity contribution >= 4 is 5.78 Å². The molecule has 0 aliphatic rings. The molecule has 0 aromatic heterocycles. The third-order valence-corrected chi connectivity index (χ3v) is 1.86. The Kier molecular flexibility index (Phi) is 3.65. The Labute approximate surface area is 90.4 Å². The largest absolute Gasteiger partial charge is 0.507 e. The molecule has 0 amide bonds. The standard InChI is InChI=1S/C10H10F2O4/c1-5(13)9-7(14)3-6(15-2)4-8(9)16-10(11)12/h3-4,10,14H,1-2H3. The lowest BCUT2D eigenvalue weighted by atomic mass is 10.1. The third-order valence-electron chi connectivity index (χ3n) is 1.86. The molecule has 88 valence electrons. The first-order valence-corrected chi connectivity index (χ1v) is 4.32. The molecule has 0 radical (unpaired) electrons. The minimum Gasteiger partial charge on any atom is -0.507 e. The number of carbonyl (C=O) groups is 1. The monoisotopic (exact) mass is 232 g/mol. The average Bonchev–Trinajstić information content (AvgIpc) is 2.14. The number of Topliss-reactive ketones (excluding diaryl/α,β-unsaturated/α-hetero) is 1. The molecule has 4 nitrogen and oxygen atoms in total. The van der Waals surface area contributed by atoms with Crippen molar-refractivity contribution in [3.8, 4) is 17.2 Å². The highest BCUT2D eigenvalue weighted by Crippen LogP contribution is 2.34. The summed E-state index contributed by atoms with van der Waals surface area (Å²) in [6, 6.07) is 2.26. The first kappa shape index (κ1) is 12.2. The van der Waals surface area contributed by atoms with Crippen LogP contribution in [0, 0.1) is 0 Å². The van der Waals surface area contributed by atoms with Gasteiger partial charge in [-0.15, -0.1) is 0 Å². The van der Waals surface area contributed by atoms with Gasteiger partial charge in [0, 0.05) is 12.1 Å². The average molecular weight is 232 g/mol. The second kappa shape index (κ2) is 4.78. The molecule has 0 heterocycles. The van der Waals surface area contributed by atoms with E-state index in [2.05, 4.69) is 4.74 Å². The Bertz CT molecular complexity index is 404. The number of methoxy groups -OCH3 is 1. The van der Waals surface area contributed by atoms with Crippen molar-refractivity contribution in [1.29, 1.82) is 0 Å². The maximum absolute atomic E-state index is 12.1. The Morgan fingerprint density at radius 3 is 2.50 bits per heavy atom. The maximum atomic E-state index is 12.1. The second-order valence-corrected chi connectivity index (χ2v) is 2.95. The molecule has 0 atom stereocenters. The molecule has 0 spiro atoms. The minimum absolute atomic E-state index is 0.123. The van der Waals surface area contributed by atoms with Crippen LogP contribution in [0.5, 0.6) is 17.2 Å². The number of aromatic hydroxyl groups is 1. The molecule has 0 saturated heterocycles. The molecule has 0 fully saturated rings. The van der Waals surface area contributed by atoms with Crippen LogP contribution in [0.1, 0.15) is 17.3 Å². The Morgan fingerprint density at radius 1 is 1.44 bits per heavy atom. The fourth-order valence-electron chi connectivity index (χ4n) is 1.24. The lowest BCUT2D eigenvalue weighted by molar-refractivity contribution is -0.0503. The highest BCUT2D eigenvalue weighted by molar-refractivity contribution is 5.99. The lowest BCUT2D eigenvalue weighted by Crippen LogP contribution is -2.07. The van der Waals surface area contributed by atoms with E-state index in [1.807, 2.05) is 0 Å². The summed E-state index contributed by atoms with van der Waals surface area (Å²) in [5, 5.41) is 9.46. The number of rotatable bonds is 4. The summed E-state index contributed by atoms with van der Waals surface area (Å²) in [5.41, 5.74) is -0.291. The second-order valence-electron chi connectivity index (χ2n) is 2.95. The predicted octanol–water partition coefficient (Wildman–Crippen LogP) is 2.20. The normalized spacial score (nSPS) is 10.3. The van der Waals surface area contributed by atoms with Crippen molar-refractivity contribution in [2.45, 2.75) is 13.5 Å². The van der Waals surface area contributed by atoms with E-state index < -0.39 is 23.9 Å². The van der Waals surface area contributed by atoms with Crippen molar-refractivity contribution in [2.24, 2.45) is 0 Å². The van der Waals surface area contributed by atoms with Gasteiger partial charge in [-0.05, 0) is 6.92 Å². The molecule has 0 unspecified atom stereocenters. The van der Waals surface area contributed by atoms with Crippen LogP contribution in [0.3, 0.4) is 0 Å². The number of hydrogen-bond acceptors (Lipinski definition) is 4. The van der Waals surface area contributed by atoms with Gasteiger partial charge in [-0.25, -0.2) is 0 Å². The molecule has 16 heavy (non-hydrogen) atoms. The Morgan fingerprint density at radius 2 is 2.06 bits per heavy atom. The van der Waals surface area contributed by atoms with E-state index in [9.17, 15) is 18.7 Å². The molecule has 1 N–H and O–H groups in total. The summed E-state index contributed by atoms with van der Waals surface area (Å²) in [5.74, 6) is -1.31. The van der Waals surface area contributed by atoms with Gasteiger partial charge >= 0.3 is 6.61 Å². The molecule has 0 aliphatic heterocycles. The number of alkyl halides is 2. The van der Waals surface area contributed by atoms with Crippen LogP contribution in [0.25, 0.3) is 0 Å². The van der Waals surface area contributed by atoms with Crippen LogP contribution in [-0.4, -0.2) is 24.6 Å². The summed E-state index contributed by atoms with van der Waals surface area (Å²) in [6.45, 7) is -1.94. The van der Waals surface area contributed by atoms with E-state index >= 15 is 0 Å². The van der Waals surface area contributed by atoms with Gasteiger partial charge in [-0.3, -0.25) is 4.79 Å². The first-order chi connectivity index (χ1) is 7.45.